The topological polar surface area (TPSA) is 17.1 Å². The van der Waals surface area contributed by atoms with Crippen molar-refractivity contribution in [2.75, 3.05) is 0 Å². The van der Waals surface area contributed by atoms with Gasteiger partial charge < -0.3 is 0 Å². The van der Waals surface area contributed by atoms with Gasteiger partial charge >= 0.3 is 6.18 Å². The van der Waals surface area contributed by atoms with Gasteiger partial charge in [-0.25, -0.2) is 0 Å². The minimum Gasteiger partial charge on any atom is -0.294 e. The third-order valence-corrected chi connectivity index (χ3v) is 3.36. The van der Waals surface area contributed by atoms with Crippen LogP contribution < -0.4 is 0 Å². The third-order valence-electron chi connectivity index (χ3n) is 3.03. The maximum atomic E-state index is 12.6. The minimum absolute atomic E-state index is 0.103. The molecule has 0 spiro atoms. The van der Waals surface area contributed by atoms with Crippen LogP contribution in [0.25, 0.3) is 0 Å². The lowest BCUT2D eigenvalue weighted by atomic mass is 9.80. The average molecular weight is 263 g/mol. The summed E-state index contributed by atoms with van der Waals surface area (Å²) >= 11 is 5.48. The van der Waals surface area contributed by atoms with E-state index in [2.05, 4.69) is 0 Å². The molecule has 0 aliphatic heterocycles. The monoisotopic (exact) mass is 262 g/mol. The Morgan fingerprint density at radius 2 is 1.94 bits per heavy atom. The van der Waals surface area contributed by atoms with Crippen LogP contribution in [-0.2, 0) is 6.18 Å². The first-order chi connectivity index (χ1) is 7.89. The highest BCUT2D eigenvalue weighted by Crippen LogP contribution is 2.36. The number of hydrogen-bond donors (Lipinski definition) is 0. The van der Waals surface area contributed by atoms with E-state index in [1.165, 1.54) is 6.07 Å². The summed E-state index contributed by atoms with van der Waals surface area (Å²) in [6.07, 6.45) is -2.02. The zero-order chi connectivity index (χ0) is 12.6. The predicted octanol–water partition coefficient (Wildman–Crippen LogP) is 4.34. The lowest BCUT2D eigenvalue weighted by Gasteiger charge is -2.24. The molecule has 1 nitrogen and oxygen atoms in total. The number of alkyl halides is 3. The third kappa shape index (κ3) is 2.46. The summed E-state index contributed by atoms with van der Waals surface area (Å²) in [5.41, 5.74) is -0.837. The molecule has 0 amide bonds. The molecule has 1 aliphatic rings. The van der Waals surface area contributed by atoms with Crippen LogP contribution in [0.15, 0.2) is 18.2 Å². The summed E-state index contributed by atoms with van der Waals surface area (Å²) in [6.45, 7) is 0. The summed E-state index contributed by atoms with van der Waals surface area (Å²) in [4.78, 5) is 11.8. The number of hydrogen-bond acceptors (Lipinski definition) is 1. The number of carbonyl (C=O) groups is 1. The predicted molar refractivity (Wildman–Crippen MR) is 58.1 cm³/mol. The van der Waals surface area contributed by atoms with Gasteiger partial charge in [0.2, 0.25) is 0 Å². The van der Waals surface area contributed by atoms with E-state index in [1.54, 1.807) is 0 Å². The van der Waals surface area contributed by atoms with Crippen LogP contribution in [0.2, 0.25) is 5.02 Å². The molecule has 0 saturated heterocycles. The Morgan fingerprint density at radius 1 is 1.29 bits per heavy atom. The van der Waals surface area contributed by atoms with Gasteiger partial charge in [0.05, 0.1) is 10.6 Å². The molecule has 0 N–H and O–H groups in total. The molecule has 0 heterocycles. The lowest BCUT2D eigenvalue weighted by Crippen LogP contribution is -2.22. The van der Waals surface area contributed by atoms with Gasteiger partial charge in [-0.3, -0.25) is 4.79 Å². The molecule has 2 rings (SSSR count). The largest absolute Gasteiger partial charge is 0.417 e. The molecule has 17 heavy (non-hydrogen) atoms. The summed E-state index contributed by atoms with van der Waals surface area (Å²) in [5.74, 6) is -0.323. The molecule has 1 fully saturated rings. The van der Waals surface area contributed by atoms with E-state index in [0.29, 0.717) is 0 Å². The van der Waals surface area contributed by atoms with Crippen molar-refractivity contribution in [2.24, 2.45) is 5.92 Å². The van der Waals surface area contributed by atoms with Crippen molar-refractivity contribution in [1.29, 1.82) is 0 Å². The second-order valence-electron chi connectivity index (χ2n) is 4.18. The zero-order valence-electron chi connectivity index (χ0n) is 8.85. The second kappa shape index (κ2) is 4.33. The van der Waals surface area contributed by atoms with Crippen LogP contribution in [0.3, 0.4) is 0 Å². The lowest BCUT2D eigenvalue weighted by molar-refractivity contribution is -0.137. The van der Waals surface area contributed by atoms with E-state index in [0.717, 1.165) is 31.4 Å². The number of rotatable bonds is 2. The molecule has 0 radical (unpaired) electrons. The van der Waals surface area contributed by atoms with Crippen LogP contribution in [0.4, 0.5) is 13.2 Å². The number of halogens is 4. The van der Waals surface area contributed by atoms with E-state index in [4.69, 9.17) is 11.6 Å². The maximum Gasteiger partial charge on any atom is 0.417 e. The molecule has 0 unspecified atom stereocenters. The molecular formula is C12H10ClF3O. The Labute approximate surface area is 102 Å². The fourth-order valence-corrected chi connectivity index (χ4v) is 2.03. The average Bonchev–Trinajstić information content (AvgIpc) is 2.13. The highest BCUT2D eigenvalue weighted by molar-refractivity contribution is 6.31. The maximum absolute atomic E-state index is 12.6. The normalized spacial score (nSPS) is 16.7. The van der Waals surface area contributed by atoms with Crippen molar-refractivity contribution in [3.63, 3.8) is 0 Å². The van der Waals surface area contributed by atoms with Gasteiger partial charge in [-0.05, 0) is 31.0 Å². The van der Waals surface area contributed by atoms with Crippen molar-refractivity contribution < 1.29 is 18.0 Å². The smallest absolute Gasteiger partial charge is 0.294 e. The summed E-state index contributed by atoms with van der Waals surface area (Å²) < 4.78 is 37.8. The Kier molecular flexibility index (Phi) is 3.17. The minimum atomic E-state index is -4.52. The van der Waals surface area contributed by atoms with Gasteiger partial charge in [-0.2, -0.15) is 13.2 Å². The molecule has 92 valence electrons. The summed E-state index contributed by atoms with van der Waals surface area (Å²) in [7, 11) is 0. The van der Waals surface area contributed by atoms with Crippen molar-refractivity contribution >= 4 is 17.4 Å². The molecule has 0 aromatic heterocycles. The van der Waals surface area contributed by atoms with E-state index >= 15 is 0 Å². The summed E-state index contributed by atoms with van der Waals surface area (Å²) in [5, 5.41) is -0.373. The molecule has 5 heteroatoms. The SMILES string of the molecule is O=C(c1ccc(Cl)c(C(F)(F)F)c1)C1CCC1. The number of Topliss-reactive ketones (excluding diaryl/α,β-unsaturated/α-hetero) is 1. The van der Waals surface area contributed by atoms with Crippen LogP contribution in [-0.4, -0.2) is 5.78 Å². The summed E-state index contributed by atoms with van der Waals surface area (Å²) in [6, 6.07) is 3.34. The fraction of sp³-hybridized carbons (Fsp3) is 0.417. The van der Waals surface area contributed by atoms with Gasteiger partial charge in [0.15, 0.2) is 5.78 Å². The Bertz CT molecular complexity index is 450. The van der Waals surface area contributed by atoms with Gasteiger partial charge in [0, 0.05) is 11.5 Å². The van der Waals surface area contributed by atoms with Crippen molar-refractivity contribution in [3.8, 4) is 0 Å². The van der Waals surface area contributed by atoms with Crippen LogP contribution in [0.5, 0.6) is 0 Å². The molecule has 1 aromatic carbocycles. The Balaban J connectivity index is 2.33. The second-order valence-corrected chi connectivity index (χ2v) is 4.59. The van der Waals surface area contributed by atoms with E-state index in [-0.39, 0.29) is 22.3 Å². The number of ketones is 1. The Morgan fingerprint density at radius 3 is 2.41 bits per heavy atom. The number of carbonyl (C=O) groups excluding carboxylic acids is 1. The first-order valence-corrected chi connectivity index (χ1v) is 5.68. The molecule has 0 bridgehead atoms. The standard InChI is InChI=1S/C12H10ClF3O/c13-10-5-4-8(6-9(10)12(14,15)16)11(17)7-2-1-3-7/h4-7H,1-3H2. The van der Waals surface area contributed by atoms with Crippen LogP contribution in [0, 0.1) is 5.92 Å². The van der Waals surface area contributed by atoms with Gasteiger partial charge in [-0.15, -0.1) is 0 Å². The fourth-order valence-electron chi connectivity index (χ4n) is 1.80. The van der Waals surface area contributed by atoms with Gasteiger partial charge in [0.25, 0.3) is 0 Å². The van der Waals surface area contributed by atoms with Crippen LogP contribution >= 0.6 is 11.6 Å². The Hall–Kier alpha value is -1.03. The van der Waals surface area contributed by atoms with Crippen molar-refractivity contribution in [3.05, 3.63) is 34.3 Å². The first-order valence-electron chi connectivity index (χ1n) is 5.30. The highest BCUT2D eigenvalue weighted by atomic mass is 35.5. The quantitative estimate of drug-likeness (QED) is 0.725. The zero-order valence-corrected chi connectivity index (χ0v) is 9.61. The number of benzene rings is 1. The van der Waals surface area contributed by atoms with Gasteiger partial charge in [0.1, 0.15) is 0 Å². The van der Waals surface area contributed by atoms with E-state index in [9.17, 15) is 18.0 Å². The molecule has 0 atom stereocenters. The van der Waals surface area contributed by atoms with E-state index in [1.807, 2.05) is 0 Å². The first kappa shape index (κ1) is 12.4. The highest BCUT2D eigenvalue weighted by Gasteiger charge is 2.35. The van der Waals surface area contributed by atoms with E-state index < -0.39 is 11.7 Å². The van der Waals surface area contributed by atoms with Crippen LogP contribution in [0.1, 0.15) is 35.2 Å². The molecule has 1 saturated carbocycles. The van der Waals surface area contributed by atoms with Crippen molar-refractivity contribution in [2.45, 2.75) is 25.4 Å². The molecule has 1 aliphatic carbocycles. The van der Waals surface area contributed by atoms with Gasteiger partial charge in [-0.1, -0.05) is 18.0 Å². The van der Waals surface area contributed by atoms with Crippen molar-refractivity contribution in [1.82, 2.24) is 0 Å². The molecule has 1 aromatic rings. The molecular weight excluding hydrogens is 253 g/mol.